The normalized spacial score (nSPS) is 22.6. The molecule has 3 N–H and O–H groups in total. The minimum absolute atomic E-state index is 0.155. The minimum Gasteiger partial charge on any atom is -0.494 e. The van der Waals surface area contributed by atoms with Crippen LogP contribution in [0.4, 0.5) is 4.79 Å². The van der Waals surface area contributed by atoms with E-state index in [1.165, 1.54) is 17.8 Å². The van der Waals surface area contributed by atoms with Crippen LogP contribution in [0.1, 0.15) is 36.5 Å². The van der Waals surface area contributed by atoms with Gasteiger partial charge in [0.05, 0.1) is 40.1 Å². The predicted octanol–water partition coefficient (Wildman–Crippen LogP) is 5.00. The van der Waals surface area contributed by atoms with Crippen LogP contribution in [0, 0.1) is 11.3 Å². The van der Waals surface area contributed by atoms with E-state index in [4.69, 9.17) is 25.8 Å². The lowest BCUT2D eigenvalue weighted by molar-refractivity contribution is -0.108. The van der Waals surface area contributed by atoms with Crippen molar-refractivity contribution in [3.63, 3.8) is 0 Å². The molecule has 4 aromatic rings. The number of fused-ring (bicyclic) bond motifs is 6. The Labute approximate surface area is 234 Å². The minimum atomic E-state index is -1.25. The van der Waals surface area contributed by atoms with Crippen LogP contribution in [-0.2, 0) is 20.7 Å². The van der Waals surface area contributed by atoms with E-state index in [1.807, 2.05) is 24.3 Å². The van der Waals surface area contributed by atoms with Crippen molar-refractivity contribution < 1.29 is 29.2 Å². The third-order valence-corrected chi connectivity index (χ3v) is 8.01. The van der Waals surface area contributed by atoms with E-state index < -0.39 is 23.4 Å². The lowest BCUT2D eigenvalue weighted by atomic mass is 9.76. The van der Waals surface area contributed by atoms with Gasteiger partial charge in [-0.3, -0.25) is 4.57 Å². The quantitative estimate of drug-likeness (QED) is 0.299. The van der Waals surface area contributed by atoms with Crippen molar-refractivity contribution in [3.8, 4) is 29.4 Å². The summed E-state index contributed by atoms with van der Waals surface area (Å²) in [4.78, 5) is 16.4. The molecule has 2 unspecified atom stereocenters. The zero-order valence-electron chi connectivity index (χ0n) is 21.6. The summed E-state index contributed by atoms with van der Waals surface area (Å²) in [5.74, 6) is -0.0713. The maximum absolute atomic E-state index is 12.2. The smallest absolute Gasteiger partial charge is 0.407 e. The molecule has 0 aliphatic carbocycles. The molecule has 1 fully saturated rings. The van der Waals surface area contributed by atoms with Gasteiger partial charge in [-0.25, -0.2) is 9.78 Å². The first kappa shape index (κ1) is 25.8. The molecule has 4 heterocycles. The average Bonchev–Trinajstić information content (AvgIpc) is 3.50. The summed E-state index contributed by atoms with van der Waals surface area (Å²) in [6.07, 6.45) is 0.574. The molecule has 2 aromatic heterocycles. The molecule has 204 valence electrons. The van der Waals surface area contributed by atoms with Crippen LogP contribution in [-0.4, -0.2) is 45.6 Å². The number of nitrogens with zero attached hydrogens (tertiary/aromatic N) is 3. The molecule has 2 aromatic carbocycles. The fraction of sp³-hybridized carbons (Fsp3) is 0.276. The van der Waals surface area contributed by atoms with Crippen molar-refractivity contribution in [2.75, 3.05) is 13.7 Å². The number of nitrogens with one attached hydrogen (secondary N) is 1. The number of aromatic nitrogens is 2. The number of amides is 1. The molecule has 1 amide bonds. The topological polar surface area (TPSA) is 139 Å². The lowest BCUT2D eigenvalue weighted by Gasteiger charge is -2.29. The molecule has 0 saturated carbocycles. The van der Waals surface area contributed by atoms with Crippen LogP contribution in [0.2, 0.25) is 5.02 Å². The van der Waals surface area contributed by atoms with Crippen LogP contribution >= 0.6 is 11.6 Å². The van der Waals surface area contributed by atoms with Crippen LogP contribution in [0.15, 0.2) is 54.7 Å². The predicted molar refractivity (Wildman–Crippen MR) is 145 cm³/mol. The van der Waals surface area contributed by atoms with Crippen molar-refractivity contribution in [1.82, 2.24) is 14.9 Å². The van der Waals surface area contributed by atoms with Gasteiger partial charge in [0.25, 0.3) is 0 Å². The van der Waals surface area contributed by atoms with E-state index in [1.54, 1.807) is 31.2 Å². The molecule has 2 aliphatic rings. The number of hydrogen-bond acceptors (Lipinski definition) is 8. The number of carbonyl (C=O) groups excluding carboxylic acids is 1. The Hall–Kier alpha value is -4.46. The number of hydrogen-bond donors (Lipinski definition) is 3. The Balaban J connectivity index is 1.47. The van der Waals surface area contributed by atoms with Crippen molar-refractivity contribution >= 4 is 28.5 Å². The lowest BCUT2D eigenvalue weighted by Crippen LogP contribution is -2.39. The van der Waals surface area contributed by atoms with Gasteiger partial charge in [0.1, 0.15) is 17.3 Å². The number of halogens is 1. The van der Waals surface area contributed by atoms with Crippen LogP contribution < -0.4 is 10.1 Å². The monoisotopic (exact) mass is 560 g/mol. The summed E-state index contributed by atoms with van der Waals surface area (Å²) in [7, 11) is 1.46. The first-order valence-electron chi connectivity index (χ1n) is 12.6. The summed E-state index contributed by atoms with van der Waals surface area (Å²) in [6, 6.07) is 16.1. The van der Waals surface area contributed by atoms with Crippen LogP contribution in [0.25, 0.3) is 16.5 Å². The van der Waals surface area contributed by atoms with E-state index in [-0.39, 0.29) is 31.2 Å². The molecular weight excluding hydrogens is 536 g/mol. The van der Waals surface area contributed by atoms with E-state index in [9.17, 15) is 20.3 Å². The standard InChI is InChI=1S/C29H25ClN4O6/c1-28-21(39-27(37)32-2)13-29(40-28,11-12-38-22-10-8-17(30)15-33-22)24-23(28)25(35)34(26(24)36)20-9-7-16(14-31)18-5-3-4-6-19(18)20/h3-10,15,21,35-36H,11-13H2,1-2H3,(H,32,37)/t21-,28?,29?/m0/s1. The Morgan fingerprint density at radius 2 is 1.95 bits per heavy atom. The fourth-order valence-electron chi connectivity index (χ4n) is 6.01. The summed E-state index contributed by atoms with van der Waals surface area (Å²) in [6.45, 7) is 1.89. The third-order valence-electron chi connectivity index (χ3n) is 7.78. The Morgan fingerprint density at radius 1 is 1.20 bits per heavy atom. The molecule has 40 heavy (non-hydrogen) atoms. The van der Waals surface area contributed by atoms with Gasteiger partial charge in [0, 0.05) is 42.9 Å². The number of nitriles is 1. The number of pyridine rings is 1. The summed E-state index contributed by atoms with van der Waals surface area (Å²) in [5.41, 5.74) is -0.687. The van der Waals surface area contributed by atoms with E-state index >= 15 is 0 Å². The van der Waals surface area contributed by atoms with Crippen molar-refractivity contribution in [3.05, 3.63) is 76.4 Å². The van der Waals surface area contributed by atoms with E-state index in [0.29, 0.717) is 44.1 Å². The highest BCUT2D eigenvalue weighted by molar-refractivity contribution is 6.30. The molecule has 3 atom stereocenters. The second kappa shape index (κ2) is 9.33. The number of benzene rings is 2. The summed E-state index contributed by atoms with van der Waals surface area (Å²) >= 11 is 5.92. The highest BCUT2D eigenvalue weighted by atomic mass is 35.5. The first-order valence-corrected chi connectivity index (χ1v) is 13.0. The highest BCUT2D eigenvalue weighted by Gasteiger charge is 2.67. The number of rotatable bonds is 6. The van der Waals surface area contributed by atoms with Crippen LogP contribution in [0.5, 0.6) is 17.6 Å². The van der Waals surface area contributed by atoms with Gasteiger partial charge < -0.3 is 29.7 Å². The summed E-state index contributed by atoms with van der Waals surface area (Å²) < 4.78 is 19.4. The Kier molecular flexibility index (Phi) is 6.02. The first-order chi connectivity index (χ1) is 19.2. The Bertz CT molecular complexity index is 1700. The van der Waals surface area contributed by atoms with Gasteiger partial charge in [0.15, 0.2) is 0 Å². The largest absolute Gasteiger partial charge is 0.494 e. The van der Waals surface area contributed by atoms with Crippen LogP contribution in [0.3, 0.4) is 0 Å². The number of carbonyl (C=O) groups is 1. The van der Waals surface area contributed by atoms with Crippen molar-refractivity contribution in [2.45, 2.75) is 37.1 Å². The molecule has 6 rings (SSSR count). The molecule has 2 bridgehead atoms. The SMILES string of the molecule is CNC(=O)O[C@H]1CC2(CCOc3ccc(Cl)cn3)OC1(C)c1c2c(O)n(-c2ccc(C#N)c3ccccc23)c1O. The van der Waals surface area contributed by atoms with E-state index in [2.05, 4.69) is 16.4 Å². The molecule has 10 nitrogen and oxygen atoms in total. The zero-order valence-corrected chi connectivity index (χ0v) is 22.4. The maximum Gasteiger partial charge on any atom is 0.407 e. The van der Waals surface area contributed by atoms with Gasteiger partial charge in [0.2, 0.25) is 17.6 Å². The van der Waals surface area contributed by atoms with Crippen molar-refractivity contribution in [1.29, 1.82) is 5.26 Å². The van der Waals surface area contributed by atoms with Gasteiger partial charge in [-0.15, -0.1) is 0 Å². The molecule has 1 saturated heterocycles. The maximum atomic E-state index is 12.2. The van der Waals surface area contributed by atoms with Gasteiger partial charge in [-0.2, -0.15) is 5.26 Å². The number of alkyl carbamates (subject to hydrolysis) is 1. The third kappa shape index (κ3) is 3.73. The molecular formula is C29H25ClN4O6. The molecule has 2 aliphatic heterocycles. The van der Waals surface area contributed by atoms with Gasteiger partial charge in [-0.1, -0.05) is 35.9 Å². The van der Waals surface area contributed by atoms with Crippen molar-refractivity contribution in [2.24, 2.45) is 0 Å². The number of ether oxygens (including phenoxy) is 3. The molecule has 0 radical (unpaired) electrons. The summed E-state index contributed by atoms with van der Waals surface area (Å²) in [5, 5.41) is 37.3. The molecule has 0 spiro atoms. The second-order valence-corrected chi connectivity index (χ2v) is 10.4. The highest BCUT2D eigenvalue weighted by Crippen LogP contribution is 2.66. The van der Waals surface area contributed by atoms with E-state index in [0.717, 1.165) is 0 Å². The number of aromatic hydroxyl groups is 2. The Morgan fingerprint density at radius 3 is 2.65 bits per heavy atom. The fourth-order valence-corrected chi connectivity index (χ4v) is 6.13. The average molecular weight is 561 g/mol. The van der Waals surface area contributed by atoms with Gasteiger partial charge in [-0.05, 0) is 25.1 Å². The molecule has 11 heteroatoms. The second-order valence-electron chi connectivity index (χ2n) is 9.99. The van der Waals surface area contributed by atoms with Gasteiger partial charge >= 0.3 is 6.09 Å². The zero-order chi connectivity index (χ0) is 28.2.